The number of aromatic nitrogens is 2. The third kappa shape index (κ3) is 4.52. The molecule has 1 aliphatic carbocycles. The Morgan fingerprint density at radius 3 is 2.82 bits per heavy atom. The summed E-state index contributed by atoms with van der Waals surface area (Å²) >= 11 is 0. The number of nitrogens with one attached hydrogen (secondary N) is 1. The molecule has 1 saturated carbocycles. The number of fused-ring (bicyclic) bond motifs is 1. The van der Waals surface area contributed by atoms with Crippen LogP contribution in [0.5, 0.6) is 0 Å². The number of amides is 2. The van der Waals surface area contributed by atoms with Crippen LogP contribution < -0.4 is 5.32 Å². The molecule has 0 bridgehead atoms. The van der Waals surface area contributed by atoms with Gasteiger partial charge < -0.3 is 19.4 Å². The van der Waals surface area contributed by atoms with Crippen molar-refractivity contribution in [2.45, 2.75) is 56.7 Å². The molecular formula is C25H27FN4O4. The summed E-state index contributed by atoms with van der Waals surface area (Å²) < 4.78 is 26.0. The second-order valence-electron chi connectivity index (χ2n) is 8.98. The van der Waals surface area contributed by atoms with Crippen molar-refractivity contribution in [2.75, 3.05) is 13.7 Å². The maximum absolute atomic E-state index is 14.9. The fraction of sp³-hybridized carbons (Fsp3) is 0.440. The molecule has 1 saturated heterocycles. The van der Waals surface area contributed by atoms with Gasteiger partial charge in [-0.15, -0.1) is 0 Å². The molecule has 5 rings (SSSR count). The van der Waals surface area contributed by atoms with Gasteiger partial charge >= 0.3 is 0 Å². The second-order valence-corrected chi connectivity index (χ2v) is 8.98. The highest BCUT2D eigenvalue weighted by molar-refractivity contribution is 5.94. The van der Waals surface area contributed by atoms with Crippen molar-refractivity contribution >= 4 is 23.0 Å². The number of halogens is 1. The second kappa shape index (κ2) is 9.50. The predicted molar refractivity (Wildman–Crippen MR) is 122 cm³/mol. The Labute approximate surface area is 196 Å². The maximum Gasteiger partial charge on any atom is 0.253 e. The zero-order valence-corrected chi connectivity index (χ0v) is 19.0. The van der Waals surface area contributed by atoms with Crippen molar-refractivity contribution in [1.82, 2.24) is 20.2 Å². The van der Waals surface area contributed by atoms with Crippen LogP contribution in [0.1, 0.15) is 48.9 Å². The number of hydrogen-bond acceptors (Lipinski definition) is 6. The van der Waals surface area contributed by atoms with E-state index in [-0.39, 0.29) is 47.0 Å². The quantitative estimate of drug-likeness (QED) is 0.616. The van der Waals surface area contributed by atoms with Crippen molar-refractivity contribution in [3.05, 3.63) is 47.9 Å². The van der Waals surface area contributed by atoms with Crippen molar-refractivity contribution in [3.63, 3.8) is 0 Å². The molecule has 1 aromatic carbocycles. The van der Waals surface area contributed by atoms with Crippen LogP contribution in [0.3, 0.4) is 0 Å². The first kappa shape index (κ1) is 22.5. The summed E-state index contributed by atoms with van der Waals surface area (Å²) in [4.78, 5) is 35.5. The van der Waals surface area contributed by atoms with Crippen LogP contribution in [0.2, 0.25) is 0 Å². The minimum absolute atomic E-state index is 0.00224. The molecular weight excluding hydrogens is 439 g/mol. The predicted octanol–water partition coefficient (Wildman–Crippen LogP) is 3.71. The van der Waals surface area contributed by atoms with Crippen LogP contribution in [0.4, 0.5) is 4.39 Å². The van der Waals surface area contributed by atoms with E-state index in [9.17, 15) is 14.0 Å². The molecule has 0 spiro atoms. The molecule has 2 amide bonds. The maximum atomic E-state index is 14.9. The van der Waals surface area contributed by atoms with Crippen LogP contribution in [-0.4, -0.2) is 58.5 Å². The molecule has 178 valence electrons. The molecule has 8 nitrogen and oxygen atoms in total. The summed E-state index contributed by atoms with van der Waals surface area (Å²) in [7, 11) is 1.73. The Morgan fingerprint density at radius 2 is 2.06 bits per heavy atom. The van der Waals surface area contributed by atoms with Gasteiger partial charge in [0.2, 0.25) is 11.8 Å². The Morgan fingerprint density at radius 1 is 1.18 bits per heavy atom. The monoisotopic (exact) mass is 466 g/mol. The molecule has 9 heteroatoms. The Balaban J connectivity index is 1.26. The van der Waals surface area contributed by atoms with E-state index in [0.29, 0.717) is 24.3 Å². The van der Waals surface area contributed by atoms with E-state index in [1.54, 1.807) is 36.3 Å². The zero-order chi connectivity index (χ0) is 23.7. The third-order valence-electron chi connectivity index (χ3n) is 6.69. The van der Waals surface area contributed by atoms with E-state index >= 15 is 0 Å². The number of nitrogens with zero attached hydrogens (tertiary/aromatic N) is 3. The van der Waals surface area contributed by atoms with Gasteiger partial charge in [0.25, 0.3) is 5.91 Å². The average molecular weight is 467 g/mol. The Bertz CT molecular complexity index is 1170. The number of rotatable bonds is 5. The Kier molecular flexibility index (Phi) is 6.28. The lowest BCUT2D eigenvalue weighted by molar-refractivity contribution is -0.131. The summed E-state index contributed by atoms with van der Waals surface area (Å²) in [5, 5.41) is 3.09. The summed E-state index contributed by atoms with van der Waals surface area (Å²) in [5.41, 5.74) is 1.29. The molecule has 2 aromatic heterocycles. The highest BCUT2D eigenvalue weighted by atomic mass is 19.1. The molecule has 3 heterocycles. The SMILES string of the molecule is CN(C(=O)c1ccc(-c2nc3ncccc3o2)c(F)c1)[C@@H]1CCC[C@H](NC(=O)C2CCCO2)C1. The summed E-state index contributed by atoms with van der Waals surface area (Å²) in [5.74, 6) is -0.795. The van der Waals surface area contributed by atoms with Crippen molar-refractivity contribution in [1.29, 1.82) is 0 Å². The highest BCUT2D eigenvalue weighted by Gasteiger charge is 2.31. The lowest BCUT2D eigenvalue weighted by Gasteiger charge is -2.36. The standard InChI is InChI=1S/C25H27FN4O4/c1-30(17-6-2-5-16(14-17)28-23(31)21-8-4-12-33-21)25(32)15-9-10-18(19(26)13-15)24-29-22-20(34-24)7-3-11-27-22/h3,7,9-11,13,16-17,21H,2,4-6,8,12,14H2,1H3,(H,28,31)/t16-,17+,21?/m0/s1. The fourth-order valence-corrected chi connectivity index (χ4v) is 4.80. The largest absolute Gasteiger partial charge is 0.434 e. The van der Waals surface area contributed by atoms with Crippen LogP contribution in [0, 0.1) is 5.82 Å². The number of carbonyl (C=O) groups is 2. The first-order chi connectivity index (χ1) is 16.5. The van der Waals surface area contributed by atoms with E-state index in [2.05, 4.69) is 15.3 Å². The number of pyridine rings is 1. The van der Waals surface area contributed by atoms with E-state index < -0.39 is 5.82 Å². The van der Waals surface area contributed by atoms with Crippen molar-refractivity contribution in [3.8, 4) is 11.5 Å². The number of oxazole rings is 1. The number of benzene rings is 1. The van der Waals surface area contributed by atoms with Crippen LogP contribution >= 0.6 is 0 Å². The van der Waals surface area contributed by atoms with Crippen LogP contribution in [0.25, 0.3) is 22.7 Å². The number of carbonyl (C=O) groups excluding carboxylic acids is 2. The first-order valence-corrected chi connectivity index (χ1v) is 11.7. The molecule has 34 heavy (non-hydrogen) atoms. The molecule has 1 aliphatic heterocycles. The smallest absolute Gasteiger partial charge is 0.253 e. The van der Waals surface area contributed by atoms with Crippen molar-refractivity contribution < 1.29 is 23.1 Å². The summed E-state index contributed by atoms with van der Waals surface area (Å²) in [6, 6.07) is 7.69. The molecule has 1 unspecified atom stereocenters. The van der Waals surface area contributed by atoms with Gasteiger partial charge in [-0.05, 0) is 68.9 Å². The first-order valence-electron chi connectivity index (χ1n) is 11.7. The van der Waals surface area contributed by atoms with Crippen LogP contribution in [-0.2, 0) is 9.53 Å². The molecule has 2 fully saturated rings. The van der Waals surface area contributed by atoms with Gasteiger partial charge in [0, 0.05) is 37.5 Å². The highest BCUT2D eigenvalue weighted by Crippen LogP contribution is 2.28. The lowest BCUT2D eigenvalue weighted by Crippen LogP contribution is -2.48. The molecule has 0 radical (unpaired) electrons. The fourth-order valence-electron chi connectivity index (χ4n) is 4.80. The normalized spacial score (nSPS) is 22.6. The minimum Gasteiger partial charge on any atom is -0.434 e. The summed E-state index contributed by atoms with van der Waals surface area (Å²) in [6.07, 6.45) is 6.16. The van der Waals surface area contributed by atoms with Crippen LogP contribution in [0.15, 0.2) is 40.9 Å². The molecule has 3 atom stereocenters. The number of ether oxygens (including phenoxy) is 1. The summed E-state index contributed by atoms with van der Waals surface area (Å²) in [6.45, 7) is 0.626. The van der Waals surface area contributed by atoms with E-state index in [0.717, 1.165) is 32.1 Å². The topological polar surface area (TPSA) is 97.6 Å². The minimum atomic E-state index is -0.587. The van der Waals surface area contributed by atoms with Gasteiger partial charge in [-0.2, -0.15) is 4.98 Å². The van der Waals surface area contributed by atoms with E-state index in [4.69, 9.17) is 9.15 Å². The van der Waals surface area contributed by atoms with Crippen molar-refractivity contribution in [2.24, 2.45) is 0 Å². The molecule has 3 aromatic rings. The van der Waals surface area contributed by atoms with Gasteiger partial charge in [0.05, 0.1) is 5.56 Å². The van der Waals surface area contributed by atoms with Gasteiger partial charge in [-0.1, -0.05) is 0 Å². The average Bonchev–Trinajstić information content (AvgIpc) is 3.53. The Hall–Kier alpha value is -3.33. The van der Waals surface area contributed by atoms with Gasteiger partial charge in [-0.25, -0.2) is 9.37 Å². The van der Waals surface area contributed by atoms with Gasteiger partial charge in [0.1, 0.15) is 11.9 Å². The third-order valence-corrected chi connectivity index (χ3v) is 6.69. The zero-order valence-electron chi connectivity index (χ0n) is 19.0. The van der Waals surface area contributed by atoms with Gasteiger partial charge in [-0.3, -0.25) is 9.59 Å². The molecule has 1 N–H and O–H groups in total. The molecule has 2 aliphatic rings. The van der Waals surface area contributed by atoms with Gasteiger partial charge in [0.15, 0.2) is 11.2 Å². The van der Waals surface area contributed by atoms with E-state index in [1.807, 2.05) is 0 Å². The lowest BCUT2D eigenvalue weighted by atomic mass is 9.89. The number of hydrogen-bond donors (Lipinski definition) is 1. The van der Waals surface area contributed by atoms with E-state index in [1.165, 1.54) is 12.1 Å².